The molecule has 0 spiro atoms. The Kier molecular flexibility index (Phi) is 3.19. The predicted octanol–water partition coefficient (Wildman–Crippen LogP) is 0.902. The van der Waals surface area contributed by atoms with Crippen molar-refractivity contribution < 1.29 is 12.9 Å². The molecule has 2 rings (SSSR count). The van der Waals surface area contributed by atoms with Crippen molar-refractivity contribution in [1.82, 2.24) is 5.16 Å². The zero-order valence-electron chi connectivity index (χ0n) is 9.52. The predicted molar refractivity (Wildman–Crippen MR) is 67.3 cm³/mol. The average molecular weight is 282 g/mol. The number of primary sulfonamides is 1. The minimum absolute atomic E-state index is 0.0161. The molecule has 0 aliphatic carbocycles. The average Bonchev–Trinajstić information content (AvgIpc) is 2.66. The zero-order chi connectivity index (χ0) is 14.0. The Labute approximate surface area is 108 Å². The van der Waals surface area contributed by atoms with Gasteiger partial charge >= 0.3 is 0 Å². The fourth-order valence-electron chi connectivity index (χ4n) is 1.22. The summed E-state index contributed by atoms with van der Waals surface area (Å²) in [4.78, 5) is -0.0181. The molecule has 0 saturated heterocycles. The second-order valence-corrected chi connectivity index (χ2v) is 5.08. The first-order valence-electron chi connectivity index (χ1n) is 4.93. The number of nitrogens with zero attached hydrogens (tertiary/aromatic N) is 3. The molecule has 1 heterocycles. The summed E-state index contributed by atoms with van der Waals surface area (Å²) in [5, 5.41) is 16.0. The van der Waals surface area contributed by atoms with Gasteiger partial charge in [-0.3, -0.25) is 0 Å². The van der Waals surface area contributed by atoms with Crippen LogP contribution in [0.3, 0.4) is 0 Å². The second-order valence-electron chi connectivity index (χ2n) is 3.52. The van der Waals surface area contributed by atoms with Crippen molar-refractivity contribution in [3.8, 4) is 0 Å². The maximum Gasteiger partial charge on any atom is 0.252 e. The summed E-state index contributed by atoms with van der Waals surface area (Å²) < 4.78 is 26.7. The first kappa shape index (κ1) is 13.0. The van der Waals surface area contributed by atoms with Crippen LogP contribution in [-0.2, 0) is 10.0 Å². The van der Waals surface area contributed by atoms with Gasteiger partial charge in [-0.2, -0.15) is 5.11 Å². The van der Waals surface area contributed by atoms with Gasteiger partial charge in [0.25, 0.3) is 5.88 Å². The van der Waals surface area contributed by atoms with Crippen LogP contribution in [0.2, 0.25) is 0 Å². The molecule has 0 fully saturated rings. The lowest BCUT2D eigenvalue weighted by molar-refractivity contribution is 0.440. The molecule has 0 saturated carbocycles. The van der Waals surface area contributed by atoms with Crippen LogP contribution in [0.4, 0.5) is 23.1 Å². The number of hydrogen-bond acceptors (Lipinski definition) is 8. The Bertz CT molecular complexity index is 699. The van der Waals surface area contributed by atoms with Gasteiger partial charge in [0.05, 0.1) is 10.6 Å². The van der Waals surface area contributed by atoms with Gasteiger partial charge in [-0.25, -0.2) is 13.6 Å². The zero-order valence-corrected chi connectivity index (χ0v) is 10.3. The molecule has 1 aromatic carbocycles. The number of azo groups is 1. The number of benzene rings is 1. The van der Waals surface area contributed by atoms with Crippen LogP contribution in [0.15, 0.2) is 43.9 Å². The van der Waals surface area contributed by atoms with Gasteiger partial charge in [-0.05, 0) is 24.3 Å². The summed E-state index contributed by atoms with van der Waals surface area (Å²) in [6.07, 6.45) is 0. The maximum absolute atomic E-state index is 11.0. The van der Waals surface area contributed by atoms with E-state index in [1.54, 1.807) is 0 Å². The third-order valence-corrected chi connectivity index (χ3v) is 3.08. The standard InChI is InChI=1S/C9H10N6O3S/c10-8-7(9(11)18-15-8)14-13-5-1-3-6(4-2-5)19(12,16)17/h1-4H,11H2,(H2,10,15)(H2,12,16,17). The van der Waals surface area contributed by atoms with E-state index in [0.29, 0.717) is 5.69 Å². The van der Waals surface area contributed by atoms with Crippen LogP contribution in [0.25, 0.3) is 0 Å². The number of rotatable bonds is 3. The molecule has 1 aromatic heterocycles. The van der Waals surface area contributed by atoms with E-state index in [1.165, 1.54) is 24.3 Å². The minimum Gasteiger partial charge on any atom is -0.379 e. The highest BCUT2D eigenvalue weighted by Gasteiger charge is 2.10. The van der Waals surface area contributed by atoms with Crippen LogP contribution in [-0.4, -0.2) is 13.6 Å². The van der Waals surface area contributed by atoms with Gasteiger partial charge in [-0.15, -0.1) is 5.11 Å². The highest BCUT2D eigenvalue weighted by molar-refractivity contribution is 7.89. The van der Waals surface area contributed by atoms with Crippen molar-refractivity contribution in [2.75, 3.05) is 11.5 Å². The van der Waals surface area contributed by atoms with Gasteiger partial charge in [0.2, 0.25) is 10.0 Å². The van der Waals surface area contributed by atoms with Gasteiger partial charge in [0, 0.05) is 0 Å². The van der Waals surface area contributed by atoms with Gasteiger partial charge in [0.1, 0.15) is 0 Å². The Hall–Kier alpha value is -2.46. The molecule has 0 unspecified atom stereocenters. The van der Waals surface area contributed by atoms with E-state index in [9.17, 15) is 8.42 Å². The van der Waals surface area contributed by atoms with E-state index in [0.717, 1.165) is 0 Å². The number of anilines is 2. The maximum atomic E-state index is 11.0. The molecule has 6 N–H and O–H groups in total. The highest BCUT2D eigenvalue weighted by Crippen LogP contribution is 2.30. The Morgan fingerprint density at radius 3 is 2.21 bits per heavy atom. The molecule has 9 nitrogen and oxygen atoms in total. The lowest BCUT2D eigenvalue weighted by atomic mass is 10.3. The summed E-state index contributed by atoms with van der Waals surface area (Å²) in [5.41, 5.74) is 11.4. The van der Waals surface area contributed by atoms with Crippen LogP contribution in [0.5, 0.6) is 0 Å². The summed E-state index contributed by atoms with van der Waals surface area (Å²) in [6.45, 7) is 0. The van der Waals surface area contributed by atoms with Crippen molar-refractivity contribution in [2.45, 2.75) is 4.90 Å². The fourth-order valence-corrected chi connectivity index (χ4v) is 1.74. The van der Waals surface area contributed by atoms with E-state index in [4.69, 9.17) is 16.6 Å². The molecular formula is C9H10N6O3S. The van der Waals surface area contributed by atoms with Crippen molar-refractivity contribution in [2.24, 2.45) is 15.4 Å². The quantitative estimate of drug-likeness (QED) is 0.708. The normalized spacial score (nSPS) is 12.1. The Morgan fingerprint density at radius 1 is 1.11 bits per heavy atom. The van der Waals surface area contributed by atoms with Crippen LogP contribution in [0.1, 0.15) is 0 Å². The van der Waals surface area contributed by atoms with Crippen molar-refractivity contribution in [3.05, 3.63) is 24.3 Å². The van der Waals surface area contributed by atoms with Gasteiger partial charge in [0.15, 0.2) is 11.5 Å². The summed E-state index contributed by atoms with van der Waals surface area (Å²) in [7, 11) is -3.73. The lowest BCUT2D eigenvalue weighted by Crippen LogP contribution is -2.11. The molecule has 0 radical (unpaired) electrons. The van der Waals surface area contributed by atoms with Crippen LogP contribution < -0.4 is 16.6 Å². The van der Waals surface area contributed by atoms with Gasteiger partial charge in [-0.1, -0.05) is 5.16 Å². The third-order valence-electron chi connectivity index (χ3n) is 2.15. The number of nitrogens with two attached hydrogens (primary N) is 3. The van der Waals surface area contributed by atoms with E-state index in [2.05, 4.69) is 19.9 Å². The molecule has 0 aliphatic rings. The number of hydrogen-bond donors (Lipinski definition) is 3. The first-order chi connectivity index (χ1) is 8.88. The largest absolute Gasteiger partial charge is 0.379 e. The smallest absolute Gasteiger partial charge is 0.252 e. The number of nitrogen functional groups attached to an aromatic ring is 2. The van der Waals surface area contributed by atoms with E-state index < -0.39 is 10.0 Å². The lowest BCUT2D eigenvalue weighted by Gasteiger charge is -1.97. The SMILES string of the molecule is Nc1noc(N)c1N=Nc1ccc(S(N)(=O)=O)cc1. The van der Waals surface area contributed by atoms with E-state index in [-0.39, 0.29) is 22.3 Å². The molecule has 0 bridgehead atoms. The van der Waals surface area contributed by atoms with E-state index in [1.807, 2.05) is 0 Å². The molecule has 0 aliphatic heterocycles. The van der Waals surface area contributed by atoms with Crippen LogP contribution in [0, 0.1) is 0 Å². The molecular weight excluding hydrogens is 272 g/mol. The molecule has 10 heteroatoms. The van der Waals surface area contributed by atoms with Crippen molar-refractivity contribution in [1.29, 1.82) is 0 Å². The summed E-state index contributed by atoms with van der Waals surface area (Å²) in [5.74, 6) is -0.0372. The Balaban J connectivity index is 2.25. The van der Waals surface area contributed by atoms with Crippen LogP contribution >= 0.6 is 0 Å². The summed E-state index contributed by atoms with van der Waals surface area (Å²) in [6, 6.07) is 5.49. The summed E-state index contributed by atoms with van der Waals surface area (Å²) >= 11 is 0. The second kappa shape index (κ2) is 4.66. The molecule has 0 amide bonds. The monoisotopic (exact) mass is 282 g/mol. The van der Waals surface area contributed by atoms with E-state index >= 15 is 0 Å². The first-order valence-corrected chi connectivity index (χ1v) is 6.48. The molecule has 100 valence electrons. The van der Waals surface area contributed by atoms with Crippen molar-refractivity contribution in [3.63, 3.8) is 0 Å². The minimum atomic E-state index is -3.73. The third kappa shape index (κ3) is 2.86. The number of sulfonamides is 1. The molecule has 2 aromatic rings. The van der Waals surface area contributed by atoms with Gasteiger partial charge < -0.3 is 16.0 Å². The topological polar surface area (TPSA) is 163 Å². The molecule has 19 heavy (non-hydrogen) atoms. The number of aromatic nitrogens is 1. The highest BCUT2D eigenvalue weighted by atomic mass is 32.2. The molecule has 0 atom stereocenters. The van der Waals surface area contributed by atoms with Crippen molar-refractivity contribution >= 4 is 33.1 Å². The Morgan fingerprint density at radius 2 is 1.74 bits per heavy atom. The fraction of sp³-hybridized carbons (Fsp3) is 0.